The van der Waals surface area contributed by atoms with Gasteiger partial charge in [-0.3, -0.25) is 4.79 Å². The van der Waals surface area contributed by atoms with Crippen LogP contribution in [0.5, 0.6) is 0 Å². The summed E-state index contributed by atoms with van der Waals surface area (Å²) in [6.45, 7) is 2.06. The highest BCUT2D eigenvalue weighted by Crippen LogP contribution is 2.30. The molecule has 84 valence electrons. The van der Waals surface area contributed by atoms with Crippen molar-refractivity contribution in [3.8, 4) is 0 Å². The first-order valence-electron chi connectivity index (χ1n) is 5.01. The van der Waals surface area contributed by atoms with Crippen LogP contribution in [0, 0.1) is 0 Å². The van der Waals surface area contributed by atoms with Gasteiger partial charge in [-0.25, -0.2) is 0 Å². The molecule has 0 aliphatic carbocycles. The van der Waals surface area contributed by atoms with Crippen LogP contribution >= 0.6 is 11.6 Å². The Morgan fingerprint density at radius 2 is 2.25 bits per heavy atom. The molecule has 1 aromatic heterocycles. The van der Waals surface area contributed by atoms with Crippen molar-refractivity contribution in [3.05, 3.63) is 36.1 Å². The lowest BCUT2D eigenvalue weighted by Gasteiger charge is -2.06. The van der Waals surface area contributed by atoms with Crippen LogP contribution in [0.15, 0.2) is 34.9 Å². The fourth-order valence-electron chi connectivity index (χ4n) is 1.54. The van der Waals surface area contributed by atoms with E-state index in [4.69, 9.17) is 20.8 Å². The van der Waals surface area contributed by atoms with Crippen molar-refractivity contribution in [2.45, 2.75) is 12.3 Å². The van der Waals surface area contributed by atoms with Crippen LogP contribution in [0.1, 0.15) is 17.9 Å². The molecule has 4 heteroatoms. The molecule has 16 heavy (non-hydrogen) atoms. The average Bonchev–Trinajstić information content (AvgIpc) is 2.72. The topological polar surface area (TPSA) is 39.4 Å². The largest absolute Gasteiger partial charge is 0.465 e. The number of carbonyl (C=O) groups excluding carboxylic acids is 1. The van der Waals surface area contributed by atoms with E-state index in [2.05, 4.69) is 0 Å². The van der Waals surface area contributed by atoms with Gasteiger partial charge in [0.15, 0.2) is 5.38 Å². The Bertz CT molecular complexity index is 504. The zero-order valence-corrected chi connectivity index (χ0v) is 9.53. The molecule has 0 aliphatic heterocycles. The Hall–Kier alpha value is -1.48. The highest BCUT2D eigenvalue weighted by molar-refractivity contribution is 6.30. The van der Waals surface area contributed by atoms with Crippen LogP contribution in [0.3, 0.4) is 0 Å². The van der Waals surface area contributed by atoms with Crippen molar-refractivity contribution < 1.29 is 13.9 Å². The number of fused-ring (bicyclic) bond motifs is 1. The van der Waals surface area contributed by atoms with Crippen molar-refractivity contribution in [2.24, 2.45) is 0 Å². The molecule has 1 unspecified atom stereocenters. The van der Waals surface area contributed by atoms with E-state index >= 15 is 0 Å². The summed E-state index contributed by atoms with van der Waals surface area (Å²) in [5, 5.41) is 0.0270. The monoisotopic (exact) mass is 238 g/mol. The third-order valence-corrected chi connectivity index (χ3v) is 2.69. The summed E-state index contributed by atoms with van der Waals surface area (Å²) in [5.41, 5.74) is 1.36. The van der Waals surface area contributed by atoms with Gasteiger partial charge in [0, 0.05) is 10.9 Å². The van der Waals surface area contributed by atoms with E-state index in [9.17, 15) is 4.79 Å². The number of para-hydroxylation sites is 1. The molecule has 1 atom stereocenters. The van der Waals surface area contributed by atoms with Crippen molar-refractivity contribution >= 4 is 28.5 Å². The number of ether oxygens (including phenoxy) is 1. The van der Waals surface area contributed by atoms with E-state index in [1.807, 2.05) is 24.3 Å². The lowest BCUT2D eigenvalue weighted by molar-refractivity contribution is -0.142. The Balaban J connectivity index is 2.36. The number of esters is 1. The average molecular weight is 239 g/mol. The summed E-state index contributed by atoms with van der Waals surface area (Å²) < 4.78 is 10.2. The van der Waals surface area contributed by atoms with Crippen molar-refractivity contribution in [1.29, 1.82) is 0 Å². The predicted molar refractivity (Wildman–Crippen MR) is 61.4 cm³/mol. The van der Waals surface area contributed by atoms with Crippen LogP contribution in [0.4, 0.5) is 0 Å². The number of hydrogen-bond acceptors (Lipinski definition) is 3. The first-order chi connectivity index (χ1) is 7.74. The summed E-state index contributed by atoms with van der Waals surface area (Å²) in [7, 11) is 0. The minimum atomic E-state index is -0.816. The molecule has 3 nitrogen and oxygen atoms in total. The van der Waals surface area contributed by atoms with Gasteiger partial charge in [0.1, 0.15) is 5.58 Å². The SMILES string of the molecule is CCOC(=O)C(Cl)c1coc2ccccc12. The Labute approximate surface area is 97.9 Å². The van der Waals surface area contributed by atoms with Crippen molar-refractivity contribution in [1.82, 2.24) is 0 Å². The quantitative estimate of drug-likeness (QED) is 0.609. The van der Waals surface area contributed by atoms with E-state index in [1.165, 1.54) is 6.26 Å². The van der Waals surface area contributed by atoms with Gasteiger partial charge in [0.05, 0.1) is 12.9 Å². The normalized spacial score (nSPS) is 12.6. The number of alkyl halides is 1. The van der Waals surface area contributed by atoms with E-state index in [-0.39, 0.29) is 0 Å². The van der Waals surface area contributed by atoms with Gasteiger partial charge in [0.25, 0.3) is 0 Å². The molecular weight excluding hydrogens is 228 g/mol. The van der Waals surface area contributed by atoms with E-state index in [0.717, 1.165) is 5.39 Å². The van der Waals surface area contributed by atoms with Crippen LogP contribution in [0.25, 0.3) is 11.0 Å². The third-order valence-electron chi connectivity index (χ3n) is 2.28. The highest BCUT2D eigenvalue weighted by atomic mass is 35.5. The third kappa shape index (κ3) is 1.91. The molecule has 0 aliphatic rings. The van der Waals surface area contributed by atoms with E-state index in [0.29, 0.717) is 17.8 Å². The second-order valence-corrected chi connectivity index (χ2v) is 3.74. The van der Waals surface area contributed by atoms with Gasteiger partial charge in [-0.05, 0) is 13.0 Å². The Morgan fingerprint density at radius 1 is 1.50 bits per heavy atom. The number of furan rings is 1. The summed E-state index contributed by atoms with van der Waals surface area (Å²) in [6.07, 6.45) is 1.50. The molecule has 0 amide bonds. The van der Waals surface area contributed by atoms with Gasteiger partial charge >= 0.3 is 5.97 Å². The molecule has 1 aromatic carbocycles. The zero-order valence-electron chi connectivity index (χ0n) is 8.77. The van der Waals surface area contributed by atoms with Crippen molar-refractivity contribution in [3.63, 3.8) is 0 Å². The van der Waals surface area contributed by atoms with Crippen LogP contribution < -0.4 is 0 Å². The van der Waals surface area contributed by atoms with Crippen molar-refractivity contribution in [2.75, 3.05) is 6.61 Å². The highest BCUT2D eigenvalue weighted by Gasteiger charge is 2.22. The van der Waals surface area contributed by atoms with Gasteiger partial charge in [-0.2, -0.15) is 0 Å². The lowest BCUT2D eigenvalue weighted by Crippen LogP contribution is -2.10. The summed E-state index contributed by atoms with van der Waals surface area (Å²) in [6, 6.07) is 7.43. The summed E-state index contributed by atoms with van der Waals surface area (Å²) in [4.78, 5) is 11.5. The number of rotatable bonds is 3. The smallest absolute Gasteiger partial charge is 0.328 e. The molecule has 2 rings (SSSR count). The lowest BCUT2D eigenvalue weighted by atomic mass is 10.1. The van der Waals surface area contributed by atoms with Gasteiger partial charge in [-0.1, -0.05) is 18.2 Å². The second-order valence-electron chi connectivity index (χ2n) is 3.30. The molecule has 0 radical (unpaired) electrons. The Morgan fingerprint density at radius 3 is 3.00 bits per heavy atom. The molecule has 0 saturated heterocycles. The minimum absolute atomic E-state index is 0.317. The fraction of sp³-hybridized carbons (Fsp3) is 0.250. The van der Waals surface area contributed by atoms with E-state index < -0.39 is 11.3 Å². The minimum Gasteiger partial charge on any atom is -0.465 e. The predicted octanol–water partition coefficient (Wildman–Crippen LogP) is 3.28. The fourth-order valence-corrected chi connectivity index (χ4v) is 1.77. The zero-order chi connectivity index (χ0) is 11.5. The van der Waals surface area contributed by atoms with Gasteiger partial charge < -0.3 is 9.15 Å². The molecule has 0 fully saturated rings. The first kappa shape index (κ1) is 11.0. The van der Waals surface area contributed by atoms with Gasteiger partial charge in [0.2, 0.25) is 0 Å². The Kier molecular flexibility index (Phi) is 3.15. The molecule has 0 saturated carbocycles. The number of benzene rings is 1. The molecule has 0 bridgehead atoms. The van der Waals surface area contributed by atoms with E-state index in [1.54, 1.807) is 6.92 Å². The molecular formula is C12H11ClO3. The molecule has 2 aromatic rings. The number of carbonyl (C=O) groups is 1. The maximum Gasteiger partial charge on any atom is 0.328 e. The number of halogens is 1. The number of hydrogen-bond donors (Lipinski definition) is 0. The van der Waals surface area contributed by atoms with Crippen LogP contribution in [-0.2, 0) is 9.53 Å². The molecule has 0 spiro atoms. The van der Waals surface area contributed by atoms with Gasteiger partial charge in [-0.15, -0.1) is 11.6 Å². The molecule has 1 heterocycles. The summed E-state index contributed by atoms with van der Waals surface area (Å²) in [5.74, 6) is -0.448. The maximum absolute atomic E-state index is 11.5. The molecule has 0 N–H and O–H groups in total. The van der Waals surface area contributed by atoms with Crippen LogP contribution in [0.2, 0.25) is 0 Å². The van der Waals surface area contributed by atoms with Crippen LogP contribution in [-0.4, -0.2) is 12.6 Å². The maximum atomic E-state index is 11.5. The summed E-state index contributed by atoms with van der Waals surface area (Å²) >= 11 is 6.02. The second kappa shape index (κ2) is 4.58. The standard InChI is InChI=1S/C12H11ClO3/c1-2-15-12(14)11(13)9-7-16-10-6-4-3-5-8(9)10/h3-7,11H,2H2,1H3. The first-order valence-corrected chi connectivity index (χ1v) is 5.44.